The summed E-state index contributed by atoms with van der Waals surface area (Å²) in [5, 5.41) is 3.01. The predicted molar refractivity (Wildman–Crippen MR) is 117 cm³/mol. The third-order valence-electron chi connectivity index (χ3n) is 5.88. The summed E-state index contributed by atoms with van der Waals surface area (Å²) in [7, 11) is 1.64. The number of methoxy groups -OCH3 is 1. The van der Waals surface area contributed by atoms with Crippen molar-refractivity contribution in [2.75, 3.05) is 32.1 Å². The van der Waals surface area contributed by atoms with Crippen molar-refractivity contribution in [3.63, 3.8) is 0 Å². The molecular formula is C23H27BrN2O3. The molecule has 1 saturated heterocycles. The monoisotopic (exact) mass is 458 g/mol. The minimum Gasteiger partial charge on any atom is -0.465 e. The molecule has 2 aromatic rings. The highest BCUT2D eigenvalue weighted by atomic mass is 79.9. The number of fused-ring (bicyclic) bond motifs is 1. The van der Waals surface area contributed by atoms with Crippen molar-refractivity contribution in [2.45, 2.75) is 32.0 Å². The second kappa shape index (κ2) is 8.86. The van der Waals surface area contributed by atoms with E-state index in [-0.39, 0.29) is 18.1 Å². The Hall–Kier alpha value is -1.89. The van der Waals surface area contributed by atoms with Gasteiger partial charge < -0.3 is 19.7 Å². The molecule has 2 aromatic carbocycles. The number of ether oxygens (including phenoxy) is 2. The molecule has 0 aromatic heterocycles. The van der Waals surface area contributed by atoms with Crippen LogP contribution in [0.2, 0.25) is 0 Å². The molecule has 2 aliphatic heterocycles. The van der Waals surface area contributed by atoms with E-state index in [0.717, 1.165) is 53.9 Å². The molecule has 2 aliphatic rings. The normalized spacial score (nSPS) is 22.4. The van der Waals surface area contributed by atoms with E-state index in [9.17, 15) is 4.79 Å². The van der Waals surface area contributed by atoms with Crippen molar-refractivity contribution >= 4 is 27.5 Å². The lowest BCUT2D eigenvalue weighted by Crippen LogP contribution is -2.30. The highest BCUT2D eigenvalue weighted by molar-refractivity contribution is 9.10. The van der Waals surface area contributed by atoms with Gasteiger partial charge in [0.05, 0.1) is 5.92 Å². The van der Waals surface area contributed by atoms with Gasteiger partial charge in [-0.2, -0.15) is 0 Å². The third-order valence-corrected chi connectivity index (χ3v) is 6.65. The van der Waals surface area contributed by atoms with Crippen molar-refractivity contribution < 1.29 is 14.3 Å². The number of para-hydroxylation sites is 1. The molecule has 5 nitrogen and oxygen atoms in total. The Kier molecular flexibility index (Phi) is 6.23. The Labute approximate surface area is 180 Å². The molecule has 1 N–H and O–H groups in total. The summed E-state index contributed by atoms with van der Waals surface area (Å²) in [6.45, 7) is 4.71. The fraction of sp³-hybridized carbons (Fsp3) is 0.435. The molecule has 0 spiro atoms. The molecule has 6 heteroatoms. The third kappa shape index (κ3) is 4.65. The molecule has 1 amide bonds. The number of rotatable bonds is 7. The van der Waals surface area contributed by atoms with Crippen LogP contribution in [0.5, 0.6) is 5.75 Å². The number of likely N-dealkylation sites (tertiary alicyclic amines) is 1. The summed E-state index contributed by atoms with van der Waals surface area (Å²) in [5.41, 5.74) is 3.34. The number of carbonyl (C=O) groups excluding carboxylic acids is 1. The topological polar surface area (TPSA) is 50.8 Å². The average molecular weight is 459 g/mol. The molecule has 1 fully saturated rings. The van der Waals surface area contributed by atoms with E-state index in [1.165, 1.54) is 5.56 Å². The van der Waals surface area contributed by atoms with E-state index < -0.39 is 0 Å². The molecule has 0 saturated carbocycles. The summed E-state index contributed by atoms with van der Waals surface area (Å²) >= 11 is 3.68. The van der Waals surface area contributed by atoms with Crippen molar-refractivity contribution in [3.05, 3.63) is 58.1 Å². The van der Waals surface area contributed by atoms with Crippen LogP contribution in [0, 0.1) is 5.92 Å². The highest BCUT2D eigenvalue weighted by Gasteiger charge is 2.34. The number of hydrogen-bond acceptors (Lipinski definition) is 4. The van der Waals surface area contributed by atoms with Crippen LogP contribution in [0.15, 0.2) is 46.9 Å². The van der Waals surface area contributed by atoms with Gasteiger partial charge in [0.25, 0.3) is 0 Å². The fourth-order valence-electron chi connectivity index (χ4n) is 4.29. The zero-order valence-electron chi connectivity index (χ0n) is 16.9. The first-order chi connectivity index (χ1) is 14.0. The van der Waals surface area contributed by atoms with Gasteiger partial charge in [0.15, 0.2) is 6.29 Å². The summed E-state index contributed by atoms with van der Waals surface area (Å²) in [6.07, 6.45) is 1.86. The van der Waals surface area contributed by atoms with Gasteiger partial charge in [0.2, 0.25) is 5.91 Å². The van der Waals surface area contributed by atoms with E-state index in [1.807, 2.05) is 37.3 Å². The van der Waals surface area contributed by atoms with E-state index in [4.69, 9.17) is 9.47 Å². The van der Waals surface area contributed by atoms with Gasteiger partial charge in [0, 0.05) is 30.4 Å². The number of hydrogen-bond donors (Lipinski definition) is 1. The molecule has 154 valence electrons. The number of nitrogens with one attached hydrogen (secondary N) is 1. The number of carbonyl (C=O) groups is 1. The molecule has 0 radical (unpaired) electrons. The van der Waals surface area contributed by atoms with Gasteiger partial charge in [-0.05, 0) is 67.6 Å². The van der Waals surface area contributed by atoms with E-state index in [1.54, 1.807) is 7.11 Å². The van der Waals surface area contributed by atoms with Gasteiger partial charge in [-0.3, -0.25) is 4.79 Å². The Morgan fingerprint density at radius 2 is 2.10 bits per heavy atom. The molecule has 3 unspecified atom stereocenters. The van der Waals surface area contributed by atoms with Gasteiger partial charge in [-0.1, -0.05) is 34.1 Å². The standard InChI is InChI=1S/C23H27BrN2O3/c1-15(28-2)29-18-7-8-21(24)17(12-18)11-16-9-10-26(13-16)14-20-19-5-3-4-6-22(19)25-23(20)27/h3-8,12,15-16,20H,9-11,13-14H2,1-2H3,(H,25,27). The molecule has 29 heavy (non-hydrogen) atoms. The van der Waals surface area contributed by atoms with Crippen molar-refractivity contribution in [3.8, 4) is 5.75 Å². The molecule has 3 atom stereocenters. The maximum Gasteiger partial charge on any atom is 0.233 e. The van der Waals surface area contributed by atoms with Crippen LogP contribution in [0.1, 0.15) is 30.4 Å². The molecular weight excluding hydrogens is 432 g/mol. The first kappa shape index (κ1) is 20.4. The SMILES string of the molecule is COC(C)Oc1ccc(Br)c(CC2CCN(CC3C(=O)Nc4ccccc43)C2)c1. The lowest BCUT2D eigenvalue weighted by molar-refractivity contribution is -0.117. The molecule has 0 aliphatic carbocycles. The van der Waals surface area contributed by atoms with Crippen LogP contribution in [-0.2, 0) is 16.0 Å². The van der Waals surface area contributed by atoms with Gasteiger partial charge >= 0.3 is 0 Å². The lowest BCUT2D eigenvalue weighted by Gasteiger charge is -2.20. The Morgan fingerprint density at radius 3 is 2.93 bits per heavy atom. The zero-order chi connectivity index (χ0) is 20.4. The highest BCUT2D eigenvalue weighted by Crippen LogP contribution is 2.34. The van der Waals surface area contributed by atoms with Crippen molar-refractivity contribution in [1.29, 1.82) is 0 Å². The minimum absolute atomic E-state index is 0.0658. The Balaban J connectivity index is 1.37. The molecule has 0 bridgehead atoms. The average Bonchev–Trinajstić information content (AvgIpc) is 3.28. The fourth-order valence-corrected chi connectivity index (χ4v) is 4.70. The molecule has 4 rings (SSSR count). The smallest absolute Gasteiger partial charge is 0.233 e. The largest absolute Gasteiger partial charge is 0.465 e. The van der Waals surface area contributed by atoms with Crippen LogP contribution in [0.3, 0.4) is 0 Å². The van der Waals surface area contributed by atoms with Gasteiger partial charge in [-0.25, -0.2) is 0 Å². The number of nitrogens with zero attached hydrogens (tertiary/aromatic N) is 1. The van der Waals surface area contributed by atoms with Crippen LogP contribution in [0.4, 0.5) is 5.69 Å². The maximum absolute atomic E-state index is 12.4. The van der Waals surface area contributed by atoms with Gasteiger partial charge in [0.1, 0.15) is 5.75 Å². The first-order valence-corrected chi connectivity index (χ1v) is 10.9. The lowest BCUT2D eigenvalue weighted by atomic mass is 9.98. The number of anilines is 1. The number of amides is 1. The van der Waals surface area contributed by atoms with E-state index in [2.05, 4.69) is 38.3 Å². The summed E-state index contributed by atoms with van der Waals surface area (Å²) < 4.78 is 12.1. The Bertz CT molecular complexity index is 888. The quantitative estimate of drug-likeness (QED) is 0.623. The van der Waals surface area contributed by atoms with Crippen LogP contribution in [-0.4, -0.2) is 43.8 Å². The summed E-state index contributed by atoms with van der Waals surface area (Å²) in [4.78, 5) is 14.8. The number of halogens is 1. The zero-order valence-corrected chi connectivity index (χ0v) is 18.4. The second-order valence-corrected chi connectivity index (χ2v) is 8.78. The summed E-state index contributed by atoms with van der Waals surface area (Å²) in [5.74, 6) is 1.45. The summed E-state index contributed by atoms with van der Waals surface area (Å²) in [6, 6.07) is 14.1. The van der Waals surface area contributed by atoms with Crippen LogP contribution < -0.4 is 10.1 Å². The first-order valence-electron chi connectivity index (χ1n) is 10.1. The van der Waals surface area contributed by atoms with Crippen molar-refractivity contribution in [2.24, 2.45) is 5.92 Å². The minimum atomic E-state index is -0.272. The molecule has 2 heterocycles. The Morgan fingerprint density at radius 1 is 1.28 bits per heavy atom. The maximum atomic E-state index is 12.4. The van der Waals surface area contributed by atoms with E-state index in [0.29, 0.717) is 5.92 Å². The van der Waals surface area contributed by atoms with Crippen LogP contribution in [0.25, 0.3) is 0 Å². The predicted octanol–water partition coefficient (Wildman–Crippen LogP) is 4.42. The number of benzene rings is 2. The van der Waals surface area contributed by atoms with Gasteiger partial charge in [-0.15, -0.1) is 0 Å². The van der Waals surface area contributed by atoms with Crippen molar-refractivity contribution in [1.82, 2.24) is 4.90 Å². The van der Waals surface area contributed by atoms with E-state index >= 15 is 0 Å². The second-order valence-electron chi connectivity index (χ2n) is 7.92. The van der Waals surface area contributed by atoms with Crippen LogP contribution >= 0.6 is 15.9 Å².